The predicted octanol–water partition coefficient (Wildman–Crippen LogP) is 1.41. The van der Waals surface area contributed by atoms with Gasteiger partial charge in [0.2, 0.25) is 5.95 Å². The van der Waals surface area contributed by atoms with Gasteiger partial charge in [-0.05, 0) is 19.8 Å². The molecule has 0 radical (unpaired) electrons. The molecule has 1 heterocycles. The van der Waals surface area contributed by atoms with E-state index < -0.39 is 0 Å². The summed E-state index contributed by atoms with van der Waals surface area (Å²) in [7, 11) is 0. The van der Waals surface area contributed by atoms with Gasteiger partial charge >= 0.3 is 0 Å². The van der Waals surface area contributed by atoms with E-state index in [-0.39, 0.29) is 5.95 Å². The van der Waals surface area contributed by atoms with Crippen molar-refractivity contribution in [1.82, 2.24) is 9.97 Å². The third-order valence-corrected chi connectivity index (χ3v) is 3.15. The molecule has 2 rings (SSSR count). The lowest BCUT2D eigenvalue weighted by Crippen LogP contribution is -2.34. The molecular formula is C11H19N5. The standard InChI is InChI=1S/C11H19N5/c1-2-16(8-5-3-4-6-8)10-7-9(12)14-11(13)15-10/h7-8H,2-6H2,1H3,(H4,12,13,14,15). The Kier molecular flexibility index (Phi) is 3.12. The van der Waals surface area contributed by atoms with Gasteiger partial charge in [0.1, 0.15) is 11.6 Å². The smallest absolute Gasteiger partial charge is 0.223 e. The van der Waals surface area contributed by atoms with Crippen LogP contribution in [0.4, 0.5) is 17.6 Å². The van der Waals surface area contributed by atoms with E-state index in [1.165, 1.54) is 25.7 Å². The summed E-state index contributed by atoms with van der Waals surface area (Å²) in [6.45, 7) is 3.06. The first-order valence-corrected chi connectivity index (χ1v) is 5.87. The van der Waals surface area contributed by atoms with E-state index in [9.17, 15) is 0 Å². The Morgan fingerprint density at radius 1 is 1.31 bits per heavy atom. The van der Waals surface area contributed by atoms with Gasteiger partial charge in [-0.2, -0.15) is 9.97 Å². The third kappa shape index (κ3) is 2.18. The summed E-state index contributed by atoms with van der Waals surface area (Å²) in [6.07, 6.45) is 5.07. The minimum atomic E-state index is 0.256. The fourth-order valence-electron chi connectivity index (χ4n) is 2.44. The number of anilines is 3. The molecule has 4 N–H and O–H groups in total. The summed E-state index contributed by atoms with van der Waals surface area (Å²) >= 11 is 0. The van der Waals surface area contributed by atoms with Crippen molar-refractivity contribution < 1.29 is 0 Å². The van der Waals surface area contributed by atoms with Gasteiger partial charge in [-0.15, -0.1) is 0 Å². The molecule has 1 saturated carbocycles. The summed E-state index contributed by atoms with van der Waals surface area (Å²) in [4.78, 5) is 10.4. The molecule has 1 aromatic heterocycles. The van der Waals surface area contributed by atoms with Gasteiger partial charge in [0, 0.05) is 18.7 Å². The van der Waals surface area contributed by atoms with E-state index in [1.807, 2.05) is 0 Å². The summed E-state index contributed by atoms with van der Waals surface area (Å²) in [6, 6.07) is 2.39. The van der Waals surface area contributed by atoms with Crippen molar-refractivity contribution in [3.63, 3.8) is 0 Å². The molecule has 0 amide bonds. The molecule has 5 nitrogen and oxygen atoms in total. The highest BCUT2D eigenvalue weighted by atomic mass is 15.2. The number of hydrogen-bond donors (Lipinski definition) is 2. The lowest BCUT2D eigenvalue weighted by Gasteiger charge is -2.28. The van der Waals surface area contributed by atoms with Crippen LogP contribution in [0.5, 0.6) is 0 Å². The number of nitrogen functional groups attached to an aromatic ring is 2. The molecule has 5 heteroatoms. The van der Waals surface area contributed by atoms with Gasteiger partial charge < -0.3 is 16.4 Å². The van der Waals surface area contributed by atoms with E-state index >= 15 is 0 Å². The molecule has 0 bridgehead atoms. The van der Waals surface area contributed by atoms with E-state index in [0.717, 1.165) is 12.4 Å². The zero-order valence-electron chi connectivity index (χ0n) is 9.69. The van der Waals surface area contributed by atoms with Gasteiger partial charge in [-0.3, -0.25) is 0 Å². The highest BCUT2D eigenvalue weighted by molar-refractivity contribution is 5.51. The van der Waals surface area contributed by atoms with Crippen LogP contribution in [-0.2, 0) is 0 Å². The average molecular weight is 221 g/mol. The Labute approximate surface area is 95.9 Å². The highest BCUT2D eigenvalue weighted by Crippen LogP contribution is 2.27. The molecule has 16 heavy (non-hydrogen) atoms. The topological polar surface area (TPSA) is 81.1 Å². The molecule has 0 aliphatic heterocycles. The minimum absolute atomic E-state index is 0.256. The van der Waals surface area contributed by atoms with Crippen molar-refractivity contribution in [3.05, 3.63) is 6.07 Å². The minimum Gasteiger partial charge on any atom is -0.383 e. The van der Waals surface area contributed by atoms with Gasteiger partial charge in [0.05, 0.1) is 0 Å². The maximum Gasteiger partial charge on any atom is 0.223 e. The maximum atomic E-state index is 5.69. The van der Waals surface area contributed by atoms with Crippen molar-refractivity contribution in [2.45, 2.75) is 38.6 Å². The summed E-state index contributed by atoms with van der Waals surface area (Å²) in [5, 5.41) is 0. The number of aromatic nitrogens is 2. The van der Waals surface area contributed by atoms with Gasteiger partial charge in [0.25, 0.3) is 0 Å². The SMILES string of the molecule is CCN(c1cc(N)nc(N)n1)C1CCCC1. The van der Waals surface area contributed by atoms with Crippen LogP contribution in [0.3, 0.4) is 0 Å². The number of nitrogens with zero attached hydrogens (tertiary/aromatic N) is 3. The van der Waals surface area contributed by atoms with E-state index in [0.29, 0.717) is 11.9 Å². The normalized spacial score (nSPS) is 16.6. The first-order valence-electron chi connectivity index (χ1n) is 5.87. The maximum absolute atomic E-state index is 5.69. The fraction of sp³-hybridized carbons (Fsp3) is 0.636. The van der Waals surface area contributed by atoms with E-state index in [1.54, 1.807) is 6.07 Å². The van der Waals surface area contributed by atoms with Crippen molar-refractivity contribution >= 4 is 17.6 Å². The van der Waals surface area contributed by atoms with Gasteiger partial charge in [0.15, 0.2) is 0 Å². The molecular weight excluding hydrogens is 202 g/mol. The van der Waals surface area contributed by atoms with Crippen LogP contribution in [0.1, 0.15) is 32.6 Å². The quantitative estimate of drug-likeness (QED) is 0.806. The average Bonchev–Trinajstić information content (AvgIpc) is 2.70. The van der Waals surface area contributed by atoms with Crippen molar-refractivity contribution in [1.29, 1.82) is 0 Å². The zero-order chi connectivity index (χ0) is 11.5. The largest absolute Gasteiger partial charge is 0.383 e. The number of nitrogens with two attached hydrogens (primary N) is 2. The molecule has 88 valence electrons. The van der Waals surface area contributed by atoms with E-state index in [2.05, 4.69) is 21.8 Å². The van der Waals surface area contributed by atoms with Crippen LogP contribution in [0.25, 0.3) is 0 Å². The predicted molar refractivity (Wildman–Crippen MR) is 66.1 cm³/mol. The molecule has 1 aliphatic carbocycles. The van der Waals surface area contributed by atoms with Crippen LogP contribution in [-0.4, -0.2) is 22.6 Å². The Balaban J connectivity index is 2.24. The Hall–Kier alpha value is -1.52. The van der Waals surface area contributed by atoms with E-state index in [4.69, 9.17) is 11.5 Å². The first-order chi connectivity index (χ1) is 7.70. The Morgan fingerprint density at radius 2 is 2.00 bits per heavy atom. The monoisotopic (exact) mass is 221 g/mol. The highest BCUT2D eigenvalue weighted by Gasteiger charge is 2.22. The lowest BCUT2D eigenvalue weighted by atomic mass is 10.2. The summed E-state index contributed by atoms with van der Waals surface area (Å²) in [5.74, 6) is 1.56. The third-order valence-electron chi connectivity index (χ3n) is 3.15. The molecule has 0 atom stereocenters. The Bertz CT molecular complexity index is 339. The van der Waals surface area contributed by atoms with Crippen molar-refractivity contribution in [2.24, 2.45) is 0 Å². The van der Waals surface area contributed by atoms with Gasteiger partial charge in [-0.25, -0.2) is 0 Å². The van der Waals surface area contributed by atoms with Crippen LogP contribution in [0.2, 0.25) is 0 Å². The molecule has 1 aromatic rings. The van der Waals surface area contributed by atoms with Gasteiger partial charge in [-0.1, -0.05) is 12.8 Å². The van der Waals surface area contributed by atoms with Crippen LogP contribution < -0.4 is 16.4 Å². The van der Waals surface area contributed by atoms with Crippen LogP contribution in [0.15, 0.2) is 6.07 Å². The molecule has 0 aromatic carbocycles. The second kappa shape index (κ2) is 4.55. The lowest BCUT2D eigenvalue weighted by molar-refractivity contribution is 0.613. The van der Waals surface area contributed by atoms with Crippen LogP contribution >= 0.6 is 0 Å². The zero-order valence-corrected chi connectivity index (χ0v) is 9.69. The fourth-order valence-corrected chi connectivity index (χ4v) is 2.44. The second-order valence-electron chi connectivity index (χ2n) is 4.23. The number of rotatable bonds is 3. The van der Waals surface area contributed by atoms with Crippen LogP contribution in [0, 0.1) is 0 Å². The number of hydrogen-bond acceptors (Lipinski definition) is 5. The summed E-state index contributed by atoms with van der Waals surface area (Å²) in [5.41, 5.74) is 11.3. The second-order valence-corrected chi connectivity index (χ2v) is 4.23. The molecule has 1 aliphatic rings. The molecule has 0 unspecified atom stereocenters. The molecule has 0 spiro atoms. The molecule has 1 fully saturated rings. The Morgan fingerprint density at radius 3 is 2.56 bits per heavy atom. The first kappa shape index (κ1) is 11.0. The summed E-state index contributed by atoms with van der Waals surface area (Å²) < 4.78 is 0. The van der Waals surface area contributed by atoms with Crippen molar-refractivity contribution in [2.75, 3.05) is 22.9 Å². The van der Waals surface area contributed by atoms with Crippen molar-refractivity contribution in [3.8, 4) is 0 Å². The molecule has 0 saturated heterocycles.